The van der Waals surface area contributed by atoms with E-state index in [1.165, 1.54) is 6.07 Å². The molecular weight excluding hydrogens is 255 g/mol. The highest BCUT2D eigenvalue weighted by Crippen LogP contribution is 2.20. The van der Waals surface area contributed by atoms with E-state index in [1.54, 1.807) is 24.0 Å². The lowest BCUT2D eigenvalue weighted by Gasteiger charge is -2.36. The predicted octanol–water partition coefficient (Wildman–Crippen LogP) is 2.10. The van der Waals surface area contributed by atoms with E-state index in [1.807, 2.05) is 11.0 Å². The van der Waals surface area contributed by atoms with Crippen molar-refractivity contribution in [3.8, 4) is 0 Å². The number of para-hydroxylation sites is 1. The molecular formula is C13H16ClFN2O. The van der Waals surface area contributed by atoms with Crippen molar-refractivity contribution in [3.63, 3.8) is 0 Å². The summed E-state index contributed by atoms with van der Waals surface area (Å²) in [6.07, 6.45) is 0. The molecule has 1 saturated heterocycles. The fourth-order valence-corrected chi connectivity index (χ4v) is 2.27. The van der Waals surface area contributed by atoms with Crippen molar-refractivity contribution >= 4 is 23.2 Å². The second kappa shape index (κ2) is 5.57. The second-order valence-electron chi connectivity index (χ2n) is 4.38. The van der Waals surface area contributed by atoms with E-state index in [0.29, 0.717) is 31.9 Å². The molecule has 3 nitrogen and oxygen atoms in total. The third kappa shape index (κ3) is 2.75. The van der Waals surface area contributed by atoms with Gasteiger partial charge in [-0.2, -0.15) is 0 Å². The van der Waals surface area contributed by atoms with Crippen LogP contribution < -0.4 is 4.90 Å². The maximum absolute atomic E-state index is 13.6. The molecule has 0 radical (unpaired) electrons. The van der Waals surface area contributed by atoms with Crippen molar-refractivity contribution in [2.45, 2.75) is 12.3 Å². The maximum Gasteiger partial charge on any atom is 0.240 e. The number of halogens is 2. The number of alkyl halides is 1. The van der Waals surface area contributed by atoms with Gasteiger partial charge in [-0.25, -0.2) is 4.39 Å². The molecule has 0 spiro atoms. The molecule has 5 heteroatoms. The lowest BCUT2D eigenvalue weighted by atomic mass is 10.2. The van der Waals surface area contributed by atoms with Gasteiger partial charge in [-0.1, -0.05) is 12.1 Å². The first-order chi connectivity index (χ1) is 8.59. The fourth-order valence-electron chi connectivity index (χ4n) is 2.13. The highest BCUT2D eigenvalue weighted by molar-refractivity contribution is 6.30. The molecule has 0 bridgehead atoms. The Hall–Kier alpha value is -1.29. The number of carbonyl (C=O) groups is 1. The molecule has 1 amide bonds. The summed E-state index contributed by atoms with van der Waals surface area (Å²) in [5, 5.41) is -0.495. The van der Waals surface area contributed by atoms with Gasteiger partial charge in [0.05, 0.1) is 5.69 Å². The molecule has 1 heterocycles. The predicted molar refractivity (Wildman–Crippen MR) is 70.5 cm³/mol. The Labute approximate surface area is 111 Å². The Kier molecular flexibility index (Phi) is 4.07. The van der Waals surface area contributed by atoms with E-state index < -0.39 is 5.38 Å². The standard InChI is InChI=1S/C13H16ClFN2O/c1-10(14)13(18)17-8-6-16(7-9-17)12-5-3-2-4-11(12)15/h2-5,10H,6-9H2,1H3/t10-/m0/s1. The average molecular weight is 271 g/mol. The summed E-state index contributed by atoms with van der Waals surface area (Å²) in [6.45, 7) is 4.12. The zero-order valence-corrected chi connectivity index (χ0v) is 11.0. The van der Waals surface area contributed by atoms with Crippen LogP contribution >= 0.6 is 11.6 Å². The first kappa shape index (κ1) is 13.1. The molecule has 1 fully saturated rings. The van der Waals surface area contributed by atoms with Crippen molar-refractivity contribution in [1.29, 1.82) is 0 Å². The van der Waals surface area contributed by atoms with Crippen LogP contribution in [0.15, 0.2) is 24.3 Å². The third-order valence-corrected chi connectivity index (χ3v) is 3.31. The number of nitrogens with zero attached hydrogens (tertiary/aromatic N) is 2. The fraction of sp³-hybridized carbons (Fsp3) is 0.462. The van der Waals surface area contributed by atoms with Crippen LogP contribution in [0.3, 0.4) is 0 Å². The summed E-state index contributed by atoms with van der Waals surface area (Å²) in [6, 6.07) is 6.70. The van der Waals surface area contributed by atoms with E-state index >= 15 is 0 Å². The molecule has 0 N–H and O–H groups in total. The maximum atomic E-state index is 13.6. The summed E-state index contributed by atoms with van der Waals surface area (Å²) >= 11 is 5.78. The normalized spacial score (nSPS) is 17.7. The van der Waals surface area contributed by atoms with E-state index in [2.05, 4.69) is 0 Å². The molecule has 0 aromatic heterocycles. The smallest absolute Gasteiger partial charge is 0.240 e. The van der Waals surface area contributed by atoms with Crippen molar-refractivity contribution in [1.82, 2.24) is 4.90 Å². The molecule has 0 saturated carbocycles. The highest BCUT2D eigenvalue weighted by Gasteiger charge is 2.24. The Bertz CT molecular complexity index is 431. The highest BCUT2D eigenvalue weighted by atomic mass is 35.5. The first-order valence-electron chi connectivity index (χ1n) is 6.02. The van der Waals surface area contributed by atoms with Crippen molar-refractivity contribution in [2.75, 3.05) is 31.1 Å². The lowest BCUT2D eigenvalue weighted by Crippen LogP contribution is -2.50. The van der Waals surface area contributed by atoms with Crippen LogP contribution in [0.25, 0.3) is 0 Å². The SMILES string of the molecule is C[C@H](Cl)C(=O)N1CCN(c2ccccc2F)CC1. The molecule has 2 rings (SSSR count). The Morgan fingerprint density at radius 1 is 1.28 bits per heavy atom. The average Bonchev–Trinajstić information content (AvgIpc) is 2.38. The summed E-state index contributed by atoms with van der Waals surface area (Å²) in [7, 11) is 0. The van der Waals surface area contributed by atoms with Gasteiger partial charge >= 0.3 is 0 Å². The van der Waals surface area contributed by atoms with Crippen molar-refractivity contribution < 1.29 is 9.18 Å². The summed E-state index contributed by atoms with van der Waals surface area (Å²) < 4.78 is 13.6. The Balaban J connectivity index is 1.99. The zero-order valence-electron chi connectivity index (χ0n) is 10.3. The van der Waals surface area contributed by atoms with Gasteiger partial charge in [0.2, 0.25) is 5.91 Å². The van der Waals surface area contributed by atoms with Crippen LogP contribution in [-0.4, -0.2) is 42.4 Å². The van der Waals surface area contributed by atoms with Gasteiger partial charge in [0.1, 0.15) is 11.2 Å². The van der Waals surface area contributed by atoms with E-state index in [0.717, 1.165) is 0 Å². The Morgan fingerprint density at radius 3 is 2.44 bits per heavy atom. The number of amides is 1. The Morgan fingerprint density at radius 2 is 1.89 bits per heavy atom. The van der Waals surface area contributed by atoms with Crippen LogP contribution in [0.5, 0.6) is 0 Å². The van der Waals surface area contributed by atoms with E-state index in [4.69, 9.17) is 11.6 Å². The number of rotatable bonds is 2. The van der Waals surface area contributed by atoms with Gasteiger partial charge in [-0.05, 0) is 19.1 Å². The molecule has 1 atom stereocenters. The van der Waals surface area contributed by atoms with Gasteiger partial charge < -0.3 is 9.80 Å². The van der Waals surface area contributed by atoms with Crippen molar-refractivity contribution in [3.05, 3.63) is 30.1 Å². The minimum absolute atomic E-state index is 0.0511. The van der Waals surface area contributed by atoms with Crippen molar-refractivity contribution in [2.24, 2.45) is 0 Å². The van der Waals surface area contributed by atoms with Gasteiger partial charge in [0, 0.05) is 26.2 Å². The number of piperazine rings is 1. The lowest BCUT2D eigenvalue weighted by molar-refractivity contribution is -0.130. The number of anilines is 1. The van der Waals surface area contributed by atoms with Gasteiger partial charge in [0.15, 0.2) is 0 Å². The minimum Gasteiger partial charge on any atom is -0.366 e. The molecule has 1 aliphatic heterocycles. The number of hydrogen-bond donors (Lipinski definition) is 0. The molecule has 18 heavy (non-hydrogen) atoms. The van der Waals surface area contributed by atoms with Gasteiger partial charge in [-0.3, -0.25) is 4.79 Å². The zero-order chi connectivity index (χ0) is 13.1. The van der Waals surface area contributed by atoms with Crippen LogP contribution in [-0.2, 0) is 4.79 Å². The van der Waals surface area contributed by atoms with Crippen LogP contribution in [0, 0.1) is 5.82 Å². The van der Waals surface area contributed by atoms with Gasteiger partial charge in [-0.15, -0.1) is 11.6 Å². The molecule has 0 aliphatic carbocycles. The minimum atomic E-state index is -0.495. The topological polar surface area (TPSA) is 23.6 Å². The van der Waals surface area contributed by atoms with E-state index in [9.17, 15) is 9.18 Å². The first-order valence-corrected chi connectivity index (χ1v) is 6.45. The number of hydrogen-bond acceptors (Lipinski definition) is 2. The van der Waals surface area contributed by atoms with Crippen LogP contribution in [0.2, 0.25) is 0 Å². The summed E-state index contributed by atoms with van der Waals surface area (Å²) in [5.41, 5.74) is 0.600. The quantitative estimate of drug-likeness (QED) is 0.769. The summed E-state index contributed by atoms with van der Waals surface area (Å²) in [4.78, 5) is 15.4. The molecule has 1 aromatic carbocycles. The van der Waals surface area contributed by atoms with E-state index in [-0.39, 0.29) is 11.7 Å². The largest absolute Gasteiger partial charge is 0.366 e. The molecule has 1 aromatic rings. The second-order valence-corrected chi connectivity index (χ2v) is 5.03. The third-order valence-electron chi connectivity index (χ3n) is 3.12. The van der Waals surface area contributed by atoms with Gasteiger partial charge in [0.25, 0.3) is 0 Å². The van der Waals surface area contributed by atoms with Crippen LogP contribution in [0.4, 0.5) is 10.1 Å². The molecule has 1 aliphatic rings. The number of benzene rings is 1. The summed E-state index contributed by atoms with van der Waals surface area (Å²) in [5.74, 6) is -0.271. The number of carbonyl (C=O) groups excluding carboxylic acids is 1. The molecule has 98 valence electrons. The molecule has 0 unspecified atom stereocenters. The monoisotopic (exact) mass is 270 g/mol. The van der Waals surface area contributed by atoms with Crippen LogP contribution in [0.1, 0.15) is 6.92 Å².